The van der Waals surface area contributed by atoms with E-state index in [0.717, 1.165) is 11.3 Å². The van der Waals surface area contributed by atoms with Crippen LogP contribution in [0.1, 0.15) is 17.3 Å². The predicted molar refractivity (Wildman–Crippen MR) is 67.6 cm³/mol. The molecular weight excluding hydrogens is 218 g/mol. The molecule has 17 heavy (non-hydrogen) atoms. The van der Waals surface area contributed by atoms with Crippen LogP contribution in [0.4, 0.5) is 5.69 Å². The molecule has 1 N–H and O–H groups in total. The first kappa shape index (κ1) is 13.7. The van der Waals surface area contributed by atoms with E-state index < -0.39 is 0 Å². The van der Waals surface area contributed by atoms with Gasteiger partial charge in [0.15, 0.2) is 5.78 Å². The number of ether oxygens (including phenoxy) is 2. The van der Waals surface area contributed by atoms with Gasteiger partial charge in [0.1, 0.15) is 0 Å². The Labute approximate surface area is 102 Å². The fraction of sp³-hybridized carbons (Fsp3) is 0.462. The molecule has 0 amide bonds. The smallest absolute Gasteiger partial charge is 0.159 e. The normalized spacial score (nSPS) is 12.2. The lowest BCUT2D eigenvalue weighted by Crippen LogP contribution is -2.26. The molecule has 1 aromatic rings. The van der Waals surface area contributed by atoms with Gasteiger partial charge in [-0.1, -0.05) is 0 Å². The molecule has 1 aromatic carbocycles. The highest BCUT2D eigenvalue weighted by atomic mass is 16.5. The van der Waals surface area contributed by atoms with Crippen LogP contribution in [0.3, 0.4) is 0 Å². The summed E-state index contributed by atoms with van der Waals surface area (Å²) in [5.41, 5.74) is 1.68. The van der Waals surface area contributed by atoms with Gasteiger partial charge in [0, 0.05) is 32.0 Å². The van der Waals surface area contributed by atoms with E-state index in [1.807, 2.05) is 24.3 Å². The fourth-order valence-corrected chi connectivity index (χ4v) is 1.45. The molecule has 0 aliphatic heterocycles. The van der Waals surface area contributed by atoms with Crippen molar-refractivity contribution < 1.29 is 14.3 Å². The summed E-state index contributed by atoms with van der Waals surface area (Å²) in [6.07, 6.45) is 0.0208. The van der Waals surface area contributed by atoms with E-state index in [1.54, 1.807) is 21.1 Å². The van der Waals surface area contributed by atoms with Crippen molar-refractivity contribution in [1.29, 1.82) is 0 Å². The van der Waals surface area contributed by atoms with E-state index >= 15 is 0 Å². The molecule has 4 heteroatoms. The van der Waals surface area contributed by atoms with Gasteiger partial charge in [-0.05, 0) is 31.2 Å². The summed E-state index contributed by atoms with van der Waals surface area (Å²) < 4.78 is 10.3. The molecule has 0 aliphatic rings. The van der Waals surface area contributed by atoms with E-state index in [-0.39, 0.29) is 11.9 Å². The number of carbonyl (C=O) groups is 1. The number of rotatable bonds is 7. The minimum atomic E-state index is 0.0208. The topological polar surface area (TPSA) is 47.6 Å². The van der Waals surface area contributed by atoms with E-state index in [2.05, 4.69) is 5.32 Å². The molecule has 0 aromatic heterocycles. The van der Waals surface area contributed by atoms with Crippen LogP contribution in [-0.4, -0.2) is 39.3 Å². The Bertz CT molecular complexity index is 348. The van der Waals surface area contributed by atoms with Crippen molar-refractivity contribution in [1.82, 2.24) is 0 Å². The van der Waals surface area contributed by atoms with E-state index in [1.165, 1.54) is 0 Å². The summed E-state index contributed by atoms with van der Waals surface area (Å²) in [5, 5.41) is 3.23. The van der Waals surface area contributed by atoms with Crippen LogP contribution in [0.2, 0.25) is 0 Å². The predicted octanol–water partition coefficient (Wildman–Crippen LogP) is 1.96. The highest BCUT2D eigenvalue weighted by Crippen LogP contribution is 2.10. The molecule has 94 valence electrons. The maximum absolute atomic E-state index is 11.1. The van der Waals surface area contributed by atoms with Gasteiger partial charge >= 0.3 is 0 Å². The van der Waals surface area contributed by atoms with Crippen LogP contribution in [-0.2, 0) is 9.47 Å². The first-order chi connectivity index (χ1) is 8.17. The summed E-state index contributed by atoms with van der Waals surface area (Å²) in [5.74, 6) is 0.0747. The monoisotopic (exact) mass is 237 g/mol. The number of Topliss-reactive ketones (excluding diaryl/α,β-unsaturated/α-hetero) is 1. The van der Waals surface area contributed by atoms with Crippen molar-refractivity contribution >= 4 is 11.5 Å². The Morgan fingerprint density at radius 1 is 1.29 bits per heavy atom. The molecule has 1 unspecified atom stereocenters. The second-order valence-corrected chi connectivity index (χ2v) is 3.83. The quantitative estimate of drug-likeness (QED) is 0.736. The standard InChI is InChI=1S/C13H19NO3/c1-10(15)11-4-6-12(7-5-11)14-8-13(17-3)9-16-2/h4-7,13-14H,8-9H2,1-3H3. The molecule has 0 saturated carbocycles. The van der Waals surface area contributed by atoms with Crippen molar-refractivity contribution in [2.75, 3.05) is 32.7 Å². The third-order valence-electron chi connectivity index (χ3n) is 2.51. The van der Waals surface area contributed by atoms with Gasteiger partial charge in [-0.15, -0.1) is 0 Å². The maximum Gasteiger partial charge on any atom is 0.159 e. The number of hydrogen-bond donors (Lipinski definition) is 1. The number of hydrogen-bond acceptors (Lipinski definition) is 4. The summed E-state index contributed by atoms with van der Waals surface area (Å²) >= 11 is 0. The highest BCUT2D eigenvalue weighted by Gasteiger charge is 2.06. The van der Waals surface area contributed by atoms with Gasteiger partial charge in [-0.25, -0.2) is 0 Å². The third-order valence-corrected chi connectivity index (χ3v) is 2.51. The van der Waals surface area contributed by atoms with Crippen molar-refractivity contribution in [2.24, 2.45) is 0 Å². The number of nitrogens with one attached hydrogen (secondary N) is 1. The Kier molecular flexibility index (Phi) is 5.66. The zero-order chi connectivity index (χ0) is 12.7. The zero-order valence-corrected chi connectivity index (χ0v) is 10.5. The molecule has 1 rings (SSSR count). The van der Waals surface area contributed by atoms with Crippen molar-refractivity contribution in [3.63, 3.8) is 0 Å². The fourth-order valence-electron chi connectivity index (χ4n) is 1.45. The summed E-state index contributed by atoms with van der Waals surface area (Å²) in [6.45, 7) is 2.78. The van der Waals surface area contributed by atoms with Crippen LogP contribution >= 0.6 is 0 Å². The largest absolute Gasteiger partial charge is 0.382 e. The zero-order valence-electron chi connectivity index (χ0n) is 10.5. The van der Waals surface area contributed by atoms with E-state index in [4.69, 9.17) is 9.47 Å². The second-order valence-electron chi connectivity index (χ2n) is 3.83. The lowest BCUT2D eigenvalue weighted by molar-refractivity contribution is 0.0365. The number of benzene rings is 1. The number of anilines is 1. The molecule has 0 heterocycles. The summed E-state index contributed by atoms with van der Waals surface area (Å²) in [7, 11) is 3.30. The molecule has 0 fully saturated rings. The van der Waals surface area contributed by atoms with E-state index in [0.29, 0.717) is 13.2 Å². The first-order valence-electron chi connectivity index (χ1n) is 5.54. The van der Waals surface area contributed by atoms with Crippen LogP contribution in [0.15, 0.2) is 24.3 Å². The Morgan fingerprint density at radius 2 is 1.94 bits per heavy atom. The lowest BCUT2D eigenvalue weighted by atomic mass is 10.1. The molecule has 4 nitrogen and oxygen atoms in total. The van der Waals surface area contributed by atoms with Crippen LogP contribution in [0.5, 0.6) is 0 Å². The van der Waals surface area contributed by atoms with Crippen LogP contribution in [0, 0.1) is 0 Å². The van der Waals surface area contributed by atoms with E-state index in [9.17, 15) is 4.79 Å². The molecule has 0 bridgehead atoms. The molecule has 0 aliphatic carbocycles. The number of carbonyl (C=O) groups excluding carboxylic acids is 1. The third kappa shape index (κ3) is 4.54. The van der Waals surface area contributed by atoms with Crippen LogP contribution < -0.4 is 5.32 Å². The van der Waals surface area contributed by atoms with Gasteiger partial charge < -0.3 is 14.8 Å². The van der Waals surface area contributed by atoms with Gasteiger partial charge in [0.2, 0.25) is 0 Å². The summed E-state index contributed by atoms with van der Waals surface area (Å²) in [6, 6.07) is 7.39. The highest BCUT2D eigenvalue weighted by molar-refractivity contribution is 5.94. The van der Waals surface area contributed by atoms with Crippen molar-refractivity contribution in [3.8, 4) is 0 Å². The second kappa shape index (κ2) is 7.04. The van der Waals surface area contributed by atoms with Gasteiger partial charge in [0.25, 0.3) is 0 Å². The van der Waals surface area contributed by atoms with Gasteiger partial charge in [0.05, 0.1) is 12.7 Å². The summed E-state index contributed by atoms with van der Waals surface area (Å²) in [4.78, 5) is 11.1. The first-order valence-corrected chi connectivity index (χ1v) is 5.54. The van der Waals surface area contributed by atoms with Crippen LogP contribution in [0.25, 0.3) is 0 Å². The SMILES string of the molecule is COCC(CNc1ccc(C(C)=O)cc1)OC. The maximum atomic E-state index is 11.1. The Balaban J connectivity index is 2.48. The molecule has 0 saturated heterocycles. The molecule has 0 radical (unpaired) electrons. The minimum Gasteiger partial charge on any atom is -0.382 e. The minimum absolute atomic E-state index is 0.0208. The number of methoxy groups -OCH3 is 2. The number of ketones is 1. The molecule has 1 atom stereocenters. The van der Waals surface area contributed by atoms with Gasteiger partial charge in [-0.3, -0.25) is 4.79 Å². The van der Waals surface area contributed by atoms with Crippen molar-refractivity contribution in [2.45, 2.75) is 13.0 Å². The van der Waals surface area contributed by atoms with Gasteiger partial charge in [-0.2, -0.15) is 0 Å². The Hall–Kier alpha value is -1.39. The van der Waals surface area contributed by atoms with Crippen molar-refractivity contribution in [3.05, 3.63) is 29.8 Å². The lowest BCUT2D eigenvalue weighted by Gasteiger charge is -2.15. The average molecular weight is 237 g/mol. The molecule has 0 spiro atoms. The molecular formula is C13H19NO3. The Morgan fingerprint density at radius 3 is 2.41 bits per heavy atom. The average Bonchev–Trinajstić information content (AvgIpc) is 2.35.